The third-order valence-electron chi connectivity index (χ3n) is 18.4. The van der Waals surface area contributed by atoms with Gasteiger partial charge in [0.1, 0.15) is 0 Å². The van der Waals surface area contributed by atoms with E-state index in [-0.39, 0.29) is 0 Å². The van der Waals surface area contributed by atoms with Gasteiger partial charge in [-0.1, -0.05) is 328 Å². The quantitative estimate of drug-likeness (QED) is 0.0804. The number of aromatic nitrogens is 2. The van der Waals surface area contributed by atoms with Crippen molar-refractivity contribution < 1.29 is 0 Å². The Morgan fingerprint density at radius 3 is 0.989 bits per heavy atom. The summed E-state index contributed by atoms with van der Waals surface area (Å²) in [6.45, 7) is 0. The van der Waals surface area contributed by atoms with Gasteiger partial charge in [0.15, 0.2) is 16.1 Å². The number of fused-ring (bicyclic) bond motifs is 6. The summed E-state index contributed by atoms with van der Waals surface area (Å²) in [4.78, 5) is 0. The molecule has 4 heteroatoms. The van der Waals surface area contributed by atoms with Gasteiger partial charge < -0.3 is 9.13 Å². The van der Waals surface area contributed by atoms with Crippen molar-refractivity contribution in [1.82, 2.24) is 9.13 Å². The summed E-state index contributed by atoms with van der Waals surface area (Å²) in [6, 6.07) is 137. The summed E-state index contributed by atoms with van der Waals surface area (Å²) < 4.78 is 5.08. The highest BCUT2D eigenvalue weighted by Crippen LogP contribution is 2.43. The van der Waals surface area contributed by atoms with Gasteiger partial charge in [-0.2, -0.15) is 0 Å². The zero-order valence-electron chi connectivity index (χ0n) is 48.5. The van der Waals surface area contributed by atoms with Gasteiger partial charge in [-0.15, -0.1) is 0 Å². The van der Waals surface area contributed by atoms with E-state index in [4.69, 9.17) is 0 Å². The molecule has 0 bridgehead atoms. The summed E-state index contributed by atoms with van der Waals surface area (Å²) in [6.07, 6.45) is 0. The Kier molecular flexibility index (Phi) is 13.3. The molecule has 0 aliphatic carbocycles. The van der Waals surface area contributed by atoms with E-state index in [9.17, 15) is 0 Å². The number of nitrogens with zero attached hydrogens (tertiary/aromatic N) is 2. The molecule has 0 fully saturated rings. The molecule has 2 heterocycles. The van der Waals surface area contributed by atoms with Crippen LogP contribution in [0.5, 0.6) is 0 Å². The van der Waals surface area contributed by atoms with E-state index in [1.165, 1.54) is 96.3 Å². The van der Waals surface area contributed by atoms with E-state index < -0.39 is 16.1 Å². The third kappa shape index (κ3) is 8.59. The zero-order chi connectivity index (χ0) is 58.4. The molecule has 0 saturated carbocycles. The topological polar surface area (TPSA) is 9.86 Å². The summed E-state index contributed by atoms with van der Waals surface area (Å²) in [7, 11) is -5.99. The van der Waals surface area contributed by atoms with Crippen LogP contribution in [0.4, 0.5) is 0 Å². The second kappa shape index (κ2) is 22.2. The van der Waals surface area contributed by atoms with Crippen molar-refractivity contribution in [3.05, 3.63) is 364 Å². The maximum atomic E-state index is 2.58. The molecule has 2 aromatic heterocycles. The Hall–Kier alpha value is -10.9. The smallest absolute Gasteiger partial charge is 0.179 e. The Balaban J connectivity index is 0.957. The molecule has 0 unspecified atom stereocenters. The van der Waals surface area contributed by atoms with Gasteiger partial charge in [-0.05, 0) is 100 Å². The van der Waals surface area contributed by atoms with Crippen molar-refractivity contribution in [3.8, 4) is 44.8 Å². The largest absolute Gasteiger partial charge is 0.309 e. The van der Waals surface area contributed by atoms with Crippen LogP contribution in [0.3, 0.4) is 0 Å². The first-order chi connectivity index (χ1) is 43.7. The molecule has 0 spiro atoms. The van der Waals surface area contributed by atoms with Crippen LogP contribution in [0.15, 0.2) is 364 Å². The summed E-state index contributed by atoms with van der Waals surface area (Å²) in [5.74, 6) is 0. The van der Waals surface area contributed by atoms with E-state index in [1.807, 2.05) is 0 Å². The average molecular weight is 1150 g/mol. The molecule has 88 heavy (non-hydrogen) atoms. The van der Waals surface area contributed by atoms with E-state index in [2.05, 4.69) is 373 Å². The minimum Gasteiger partial charge on any atom is -0.309 e. The fourth-order valence-corrected chi connectivity index (χ4v) is 24.2. The summed E-state index contributed by atoms with van der Waals surface area (Å²) in [5, 5.41) is 15.6. The molecule has 2 nitrogen and oxygen atoms in total. The fraction of sp³-hybridized carbons (Fsp3) is 0. The van der Waals surface area contributed by atoms with Gasteiger partial charge in [-0.25, -0.2) is 0 Å². The monoisotopic (exact) mass is 1150 g/mol. The van der Waals surface area contributed by atoms with Gasteiger partial charge in [0.2, 0.25) is 0 Å². The Bertz CT molecular complexity index is 4970. The first kappa shape index (κ1) is 52.7. The third-order valence-corrected chi connectivity index (χ3v) is 27.9. The van der Waals surface area contributed by atoms with Crippen molar-refractivity contribution in [3.63, 3.8) is 0 Å². The van der Waals surface area contributed by atoms with E-state index in [0.717, 1.165) is 33.5 Å². The fourth-order valence-electron chi connectivity index (χ4n) is 14.6. The highest BCUT2D eigenvalue weighted by molar-refractivity contribution is 7.20. The summed E-state index contributed by atoms with van der Waals surface area (Å²) >= 11 is 0. The molecular weight excluding hydrogens is 1090 g/mol. The molecule has 0 aliphatic heterocycles. The van der Waals surface area contributed by atoms with Crippen LogP contribution in [0, 0.1) is 0 Å². The second-order valence-electron chi connectivity index (χ2n) is 23.1. The van der Waals surface area contributed by atoms with Crippen LogP contribution in [0.2, 0.25) is 0 Å². The lowest BCUT2D eigenvalue weighted by atomic mass is 9.95. The highest BCUT2D eigenvalue weighted by atomic mass is 28.3. The zero-order valence-corrected chi connectivity index (χ0v) is 50.5. The second-order valence-corrected chi connectivity index (χ2v) is 30.7. The van der Waals surface area contributed by atoms with Crippen molar-refractivity contribution in [2.24, 2.45) is 0 Å². The molecule has 414 valence electrons. The molecule has 0 saturated heterocycles. The van der Waals surface area contributed by atoms with E-state index in [0.29, 0.717) is 0 Å². The predicted octanol–water partition coefficient (Wildman–Crippen LogP) is 15.6. The lowest BCUT2D eigenvalue weighted by Crippen LogP contribution is -2.74. The van der Waals surface area contributed by atoms with Gasteiger partial charge >= 0.3 is 0 Å². The molecule has 0 aliphatic rings. The molecule has 14 aromatic carbocycles. The molecule has 0 N–H and O–H groups in total. The van der Waals surface area contributed by atoms with Crippen LogP contribution >= 0.6 is 0 Å². The number of para-hydroxylation sites is 2. The molecule has 0 amide bonds. The Labute approximate surface area is 515 Å². The SMILES string of the molecule is c1ccc(-c2cccc([Si](c3ccccc3)(c3ccccc3)c3cc(-c4ccccc4)c(-n4c5ccccc5c5cc(-n6c7ccccc7c7cc([Si](c8ccccc8)(c8ccccc8)c8ccccc8)ccc76)ccc54)c(-c4ccccc4)c3)c2)cc1. The highest BCUT2D eigenvalue weighted by Gasteiger charge is 2.44. The molecule has 16 aromatic rings. The van der Waals surface area contributed by atoms with Crippen LogP contribution in [0.25, 0.3) is 88.4 Å². The maximum Gasteiger partial charge on any atom is 0.179 e. The normalized spacial score (nSPS) is 11.9. The van der Waals surface area contributed by atoms with Crippen molar-refractivity contribution in [2.45, 2.75) is 0 Å². The average Bonchev–Trinajstić information content (AvgIpc) is 1.43. The van der Waals surface area contributed by atoms with Crippen LogP contribution in [-0.4, -0.2) is 25.3 Å². The van der Waals surface area contributed by atoms with Crippen molar-refractivity contribution in [1.29, 1.82) is 0 Å². The number of benzene rings is 14. The molecule has 0 radical (unpaired) electrons. The van der Waals surface area contributed by atoms with Gasteiger partial charge in [0.25, 0.3) is 0 Å². The number of rotatable bonds is 13. The maximum absolute atomic E-state index is 3.17. The van der Waals surface area contributed by atoms with Gasteiger partial charge in [0.05, 0.1) is 27.8 Å². The first-order valence-corrected chi connectivity index (χ1v) is 34.5. The standard InChI is InChI=1S/C84H60N2Si2/c1-9-30-61(31-10-1)64-36-29-47-71(56-64)88(69-43-21-7-22-44-69,70-45-23-8-24-46-70)73-59-76(62-32-11-2-12-33-62)84(77(60-73)63-34-13-3-14-35-63)86-81-51-28-26-48-74(81)78-57-65(52-54-83(78)86)85-80-50-27-25-49-75(80)79-58-72(53-55-82(79)85)87(66-37-15-4-16-38-66,67-39-17-5-18-40-67)68-41-19-6-20-42-68/h1-60H. The van der Waals surface area contributed by atoms with E-state index >= 15 is 0 Å². The number of hydrogen-bond donors (Lipinski definition) is 0. The van der Waals surface area contributed by atoms with Crippen molar-refractivity contribution >= 4 is 101 Å². The predicted molar refractivity (Wildman–Crippen MR) is 379 cm³/mol. The van der Waals surface area contributed by atoms with Crippen LogP contribution < -0.4 is 41.5 Å². The minimum absolute atomic E-state index is 1.12. The molecule has 0 atom stereocenters. The summed E-state index contributed by atoms with van der Waals surface area (Å²) in [5.41, 5.74) is 14.0. The Morgan fingerprint density at radius 2 is 0.511 bits per heavy atom. The van der Waals surface area contributed by atoms with Crippen LogP contribution in [-0.2, 0) is 0 Å². The first-order valence-electron chi connectivity index (χ1n) is 30.5. The lowest BCUT2D eigenvalue weighted by molar-refractivity contribution is 1.17. The molecule has 16 rings (SSSR count). The van der Waals surface area contributed by atoms with Gasteiger partial charge in [0, 0.05) is 38.4 Å². The van der Waals surface area contributed by atoms with Crippen LogP contribution in [0.1, 0.15) is 0 Å². The lowest BCUT2D eigenvalue weighted by Gasteiger charge is -2.36. The molecular formula is C84H60N2Si2. The minimum atomic E-state index is -3.17. The van der Waals surface area contributed by atoms with Crippen molar-refractivity contribution in [2.75, 3.05) is 0 Å². The Morgan fingerprint density at radius 1 is 0.182 bits per heavy atom. The van der Waals surface area contributed by atoms with E-state index in [1.54, 1.807) is 0 Å². The van der Waals surface area contributed by atoms with Gasteiger partial charge in [-0.3, -0.25) is 0 Å². The number of hydrogen-bond acceptors (Lipinski definition) is 0.